The quantitative estimate of drug-likeness (QED) is 0.446. The van der Waals surface area contributed by atoms with Gasteiger partial charge in [-0.3, -0.25) is 6.08 Å². The predicted molar refractivity (Wildman–Crippen MR) is 105 cm³/mol. The molecule has 144 valence electrons. The third-order valence-corrected chi connectivity index (χ3v) is 6.69. The molecule has 0 aromatic heterocycles. The van der Waals surface area contributed by atoms with E-state index in [1.54, 1.807) is 0 Å². The number of nitrogens with one attached hydrogen (secondary N) is 3. The van der Waals surface area contributed by atoms with Crippen molar-refractivity contribution in [3.05, 3.63) is 77.2 Å². The van der Waals surface area contributed by atoms with Crippen LogP contribution in [-0.2, 0) is 14.9 Å². The number of amides is 1. The fourth-order valence-corrected chi connectivity index (χ4v) is 5.44. The number of ether oxygens (including phenoxy) is 1. The van der Waals surface area contributed by atoms with Crippen LogP contribution < -0.4 is 15.5 Å². The van der Waals surface area contributed by atoms with E-state index in [1.807, 2.05) is 19.4 Å². The third-order valence-electron chi connectivity index (χ3n) is 6.69. The number of quaternary nitrogens is 1. The first kappa shape index (κ1) is 19.2. The molecule has 6 heteroatoms. The number of allylic oxidation sites excluding steroid dienone is 3. The average Bonchev–Trinajstić information content (AvgIpc) is 3.10. The van der Waals surface area contributed by atoms with Crippen molar-refractivity contribution in [2.45, 2.75) is 11.8 Å². The first-order valence-electron chi connectivity index (χ1n) is 9.87. The minimum absolute atomic E-state index is 0. The molecule has 3 aliphatic heterocycles. The van der Waals surface area contributed by atoms with Crippen molar-refractivity contribution in [3.8, 4) is 0 Å². The third kappa shape index (κ3) is 2.34. The fraction of sp³-hybridized carbons (Fsp3) is 0.304. The van der Waals surface area contributed by atoms with Crippen LogP contribution in [0.5, 0.6) is 0 Å². The Kier molecular flexibility index (Phi) is 4.40. The molecule has 1 spiro atoms. The van der Waals surface area contributed by atoms with E-state index in [9.17, 15) is 4.79 Å². The van der Waals surface area contributed by atoms with E-state index >= 15 is 0 Å². The SMILES string of the molecule is [CH2-]CNC1=C2C3=C(C=[C-]C12)NCC31C(=O)[NH+](C)c2cccc(C3=COCC3)c21.[U+2]. The Labute approximate surface area is 194 Å². The Bertz CT molecular complexity index is 1070. The van der Waals surface area contributed by atoms with Crippen LogP contribution in [0.3, 0.4) is 0 Å². The van der Waals surface area contributed by atoms with Gasteiger partial charge in [0.2, 0.25) is 0 Å². The summed E-state index contributed by atoms with van der Waals surface area (Å²) in [4.78, 5) is 14.6. The molecule has 0 fully saturated rings. The summed E-state index contributed by atoms with van der Waals surface area (Å²) in [5.74, 6) is 0.394. The van der Waals surface area contributed by atoms with Gasteiger partial charge < -0.3 is 22.3 Å². The van der Waals surface area contributed by atoms with Crippen molar-refractivity contribution in [1.82, 2.24) is 10.6 Å². The van der Waals surface area contributed by atoms with Crippen LogP contribution in [0.4, 0.5) is 5.69 Å². The van der Waals surface area contributed by atoms with Crippen LogP contribution in [0.15, 0.2) is 53.1 Å². The van der Waals surface area contributed by atoms with Gasteiger partial charge in [-0.05, 0) is 28.7 Å². The van der Waals surface area contributed by atoms with Crippen molar-refractivity contribution in [2.24, 2.45) is 5.92 Å². The van der Waals surface area contributed by atoms with Crippen molar-refractivity contribution < 1.29 is 45.5 Å². The van der Waals surface area contributed by atoms with Crippen molar-refractivity contribution in [3.63, 3.8) is 0 Å². The molecule has 5 aliphatic rings. The maximum absolute atomic E-state index is 13.8. The van der Waals surface area contributed by atoms with E-state index in [4.69, 9.17) is 4.74 Å². The molecule has 1 amide bonds. The summed E-state index contributed by atoms with van der Waals surface area (Å²) in [6, 6.07) is 6.29. The second kappa shape index (κ2) is 6.63. The van der Waals surface area contributed by atoms with Crippen molar-refractivity contribution in [1.29, 1.82) is 0 Å². The van der Waals surface area contributed by atoms with E-state index < -0.39 is 5.41 Å². The van der Waals surface area contributed by atoms with Crippen LogP contribution in [0.25, 0.3) is 5.57 Å². The molecule has 3 unspecified atom stereocenters. The molecular weight excluding hydrogens is 588 g/mol. The van der Waals surface area contributed by atoms with Gasteiger partial charge in [0.15, 0.2) is 0 Å². The molecule has 1 aromatic rings. The fourth-order valence-electron chi connectivity index (χ4n) is 5.44. The second-order valence-electron chi connectivity index (χ2n) is 7.99. The molecule has 0 saturated carbocycles. The van der Waals surface area contributed by atoms with Gasteiger partial charge in [-0.1, -0.05) is 17.7 Å². The van der Waals surface area contributed by atoms with E-state index in [2.05, 4.69) is 41.8 Å². The van der Waals surface area contributed by atoms with Gasteiger partial charge in [-0.15, -0.1) is 12.2 Å². The van der Waals surface area contributed by atoms with Gasteiger partial charge in [-0.2, -0.15) is 0 Å². The van der Waals surface area contributed by atoms with Crippen LogP contribution in [-0.4, -0.2) is 32.7 Å². The number of likely N-dealkylation sites (N-methyl/N-ethyl adjacent to an activating group) is 1. The monoisotopic (exact) mass is 610 g/mol. The summed E-state index contributed by atoms with van der Waals surface area (Å²) in [5, 5.41) is 6.89. The van der Waals surface area contributed by atoms with Gasteiger partial charge in [0.25, 0.3) is 0 Å². The van der Waals surface area contributed by atoms with E-state index in [0.717, 1.165) is 39.4 Å². The Hall–Kier alpha value is -1.74. The van der Waals surface area contributed by atoms with Crippen molar-refractivity contribution in [2.75, 3.05) is 26.7 Å². The molecular formula is C23H22N3O2U+. The molecule has 0 saturated heterocycles. The van der Waals surface area contributed by atoms with Gasteiger partial charge in [-0.25, -0.2) is 15.8 Å². The number of hydrogen-bond acceptors (Lipinski definition) is 4. The molecule has 1 aromatic carbocycles. The summed E-state index contributed by atoms with van der Waals surface area (Å²) in [7, 11) is 1.97. The van der Waals surface area contributed by atoms with Gasteiger partial charge >= 0.3 is 37.0 Å². The maximum Gasteiger partial charge on any atom is 2.00 e. The van der Waals surface area contributed by atoms with Crippen LogP contribution in [0, 0.1) is 50.0 Å². The summed E-state index contributed by atoms with van der Waals surface area (Å²) < 4.78 is 5.54. The molecule has 3 N–H and O–H groups in total. The minimum atomic E-state index is -0.661. The zero-order valence-corrected chi connectivity index (χ0v) is 20.5. The molecule has 5 nitrogen and oxygen atoms in total. The summed E-state index contributed by atoms with van der Waals surface area (Å²) in [6.07, 6.45) is 8.20. The van der Waals surface area contributed by atoms with E-state index in [1.165, 1.54) is 16.8 Å². The number of carbonyl (C=O) groups is 1. The number of fused-ring (bicyclic) bond motifs is 5. The summed E-state index contributed by atoms with van der Waals surface area (Å²) in [5.41, 5.74) is 8.47. The minimum Gasteiger partial charge on any atom is -0.501 e. The Morgan fingerprint density at radius 2 is 2.31 bits per heavy atom. The number of rotatable bonds is 3. The smallest absolute Gasteiger partial charge is 0.501 e. The first-order valence-corrected chi connectivity index (χ1v) is 9.87. The van der Waals surface area contributed by atoms with Crippen LogP contribution in [0.1, 0.15) is 17.5 Å². The average molecular weight is 610 g/mol. The van der Waals surface area contributed by atoms with E-state index in [-0.39, 0.29) is 42.9 Å². The van der Waals surface area contributed by atoms with Crippen LogP contribution >= 0.6 is 0 Å². The normalized spacial score (nSPS) is 30.4. The summed E-state index contributed by atoms with van der Waals surface area (Å²) in [6.45, 7) is 5.85. The van der Waals surface area contributed by atoms with Gasteiger partial charge in [0, 0.05) is 24.2 Å². The Morgan fingerprint density at radius 1 is 1.45 bits per heavy atom. The van der Waals surface area contributed by atoms with Crippen molar-refractivity contribution >= 4 is 17.2 Å². The van der Waals surface area contributed by atoms with Gasteiger partial charge in [0.1, 0.15) is 11.1 Å². The molecule has 0 radical (unpaired) electrons. The topological polar surface area (TPSA) is 54.8 Å². The number of benzene rings is 1. The van der Waals surface area contributed by atoms with Gasteiger partial charge in [0.05, 0.1) is 19.9 Å². The molecule has 0 bridgehead atoms. The first-order chi connectivity index (χ1) is 13.7. The molecule has 3 heterocycles. The predicted octanol–water partition coefficient (Wildman–Crippen LogP) is 0.910. The molecule has 29 heavy (non-hydrogen) atoms. The number of carbonyl (C=O) groups excluding carboxylic acids is 1. The summed E-state index contributed by atoms with van der Waals surface area (Å²) >= 11 is 0. The second-order valence-corrected chi connectivity index (χ2v) is 7.99. The molecule has 3 atom stereocenters. The zero-order valence-electron chi connectivity index (χ0n) is 16.3. The molecule has 2 aliphatic carbocycles. The standard InChI is InChI=1S/C23H21N3O2.U/c1-3-24-21-15-7-8-16-20(18(15)21)23(12-25-16)19-14(13-9-10-28-11-13)5-4-6-17(19)26(2)22(23)27;/h4-6,8,11,15,24-25H,1,3,9-10,12H2,2H3;/q-2;+2/p+1. The largest absolute Gasteiger partial charge is 2.00 e. The molecule has 6 rings (SSSR count). The van der Waals surface area contributed by atoms with Crippen LogP contribution in [0.2, 0.25) is 0 Å². The maximum atomic E-state index is 13.8. The zero-order chi connectivity index (χ0) is 19.0. The number of hydrogen-bond donors (Lipinski definition) is 3. The Balaban J connectivity index is 0.00000181. The Morgan fingerprint density at radius 3 is 3.07 bits per heavy atom. The van der Waals surface area contributed by atoms with E-state index in [0.29, 0.717) is 19.7 Å².